The highest BCUT2D eigenvalue weighted by molar-refractivity contribution is 8.00. The molecule has 192 valence electrons. The molecule has 0 aromatic carbocycles. The fourth-order valence-electron chi connectivity index (χ4n) is 4.24. The number of aromatic nitrogens is 4. The van der Waals surface area contributed by atoms with Gasteiger partial charge in [-0.25, -0.2) is 15.8 Å². The van der Waals surface area contributed by atoms with Crippen LogP contribution in [0.4, 0.5) is 0 Å². The number of hydrogen-bond acceptors (Lipinski definition) is 6. The standard InChI is InChI=1S/C25H43ClN6OS/c1-19(2)34-24-22-23(29-25(26)30-24)28-20(3)32(22)18-16-14-12-10-8-6-4-5-7-9-11-13-15-17-21(33)31-27/h19H,4-18,27H2,1-3H3,(H,31,33). The number of carbonyl (C=O) groups is 1. The maximum absolute atomic E-state index is 11.0. The van der Waals surface area contributed by atoms with Crippen molar-refractivity contribution in [1.29, 1.82) is 0 Å². The molecule has 7 nitrogen and oxygen atoms in total. The molecule has 0 unspecified atom stereocenters. The number of rotatable bonds is 18. The van der Waals surface area contributed by atoms with Gasteiger partial charge in [0.25, 0.3) is 0 Å². The fraction of sp³-hybridized carbons (Fsp3) is 0.760. The Morgan fingerprint density at radius 2 is 1.44 bits per heavy atom. The molecule has 2 heterocycles. The predicted octanol–water partition coefficient (Wildman–Crippen LogP) is 6.74. The fourth-order valence-corrected chi connectivity index (χ4v) is 5.35. The van der Waals surface area contributed by atoms with Crippen LogP contribution in [-0.4, -0.2) is 30.7 Å². The summed E-state index contributed by atoms with van der Waals surface area (Å²) in [6.45, 7) is 7.32. The smallest absolute Gasteiger partial charge is 0.233 e. The number of nitrogens with two attached hydrogens (primary N) is 1. The number of fused-ring (bicyclic) bond motifs is 1. The number of halogens is 1. The Labute approximate surface area is 214 Å². The van der Waals surface area contributed by atoms with Gasteiger partial charge in [-0.1, -0.05) is 84.5 Å². The lowest BCUT2D eigenvalue weighted by molar-refractivity contribution is -0.121. The molecule has 0 aliphatic carbocycles. The first-order chi connectivity index (χ1) is 16.4. The molecule has 0 radical (unpaired) electrons. The van der Waals surface area contributed by atoms with E-state index in [1.54, 1.807) is 11.8 Å². The van der Waals surface area contributed by atoms with E-state index >= 15 is 0 Å². The minimum Gasteiger partial charge on any atom is -0.325 e. The SMILES string of the molecule is Cc1nc2nc(Cl)nc(SC(C)C)c2n1CCCCCCCCCCCCCCCC(=O)NN. The Kier molecular flexibility index (Phi) is 13.9. The summed E-state index contributed by atoms with van der Waals surface area (Å²) in [7, 11) is 0. The molecule has 0 atom stereocenters. The number of unbranched alkanes of at least 4 members (excludes halogenated alkanes) is 12. The van der Waals surface area contributed by atoms with Crippen LogP contribution in [0.2, 0.25) is 5.28 Å². The van der Waals surface area contributed by atoms with Crippen LogP contribution in [0.3, 0.4) is 0 Å². The average Bonchev–Trinajstić information content (AvgIpc) is 3.10. The Balaban J connectivity index is 1.55. The van der Waals surface area contributed by atoms with Crippen molar-refractivity contribution in [1.82, 2.24) is 24.9 Å². The summed E-state index contributed by atoms with van der Waals surface area (Å²) < 4.78 is 2.27. The van der Waals surface area contributed by atoms with Crippen LogP contribution in [0.5, 0.6) is 0 Å². The van der Waals surface area contributed by atoms with Crippen molar-refractivity contribution in [2.45, 2.75) is 127 Å². The van der Waals surface area contributed by atoms with Gasteiger partial charge >= 0.3 is 0 Å². The van der Waals surface area contributed by atoms with Gasteiger partial charge < -0.3 is 4.57 Å². The third kappa shape index (κ3) is 10.5. The van der Waals surface area contributed by atoms with Gasteiger partial charge in [-0.05, 0) is 31.4 Å². The van der Waals surface area contributed by atoms with Crippen molar-refractivity contribution >= 4 is 40.4 Å². The molecular weight excluding hydrogens is 468 g/mol. The van der Waals surface area contributed by atoms with E-state index in [0.29, 0.717) is 17.3 Å². The molecule has 2 rings (SSSR count). The molecule has 0 fully saturated rings. The topological polar surface area (TPSA) is 98.7 Å². The molecule has 2 aromatic heterocycles. The number of thioether (sulfide) groups is 1. The van der Waals surface area contributed by atoms with Crippen LogP contribution in [0.15, 0.2) is 5.03 Å². The number of imidazole rings is 1. The third-order valence-corrected chi connectivity index (χ3v) is 7.18. The van der Waals surface area contributed by atoms with Crippen LogP contribution >= 0.6 is 23.4 Å². The van der Waals surface area contributed by atoms with E-state index in [0.717, 1.165) is 42.2 Å². The van der Waals surface area contributed by atoms with Crippen molar-refractivity contribution in [3.63, 3.8) is 0 Å². The molecule has 0 aliphatic heterocycles. The summed E-state index contributed by atoms with van der Waals surface area (Å²) >= 11 is 7.84. The van der Waals surface area contributed by atoms with Gasteiger partial charge in [-0.3, -0.25) is 10.2 Å². The third-order valence-electron chi connectivity index (χ3n) is 6.03. The quantitative estimate of drug-likeness (QED) is 0.0438. The summed E-state index contributed by atoms with van der Waals surface area (Å²) in [5.74, 6) is 6.01. The zero-order valence-corrected chi connectivity index (χ0v) is 22.8. The predicted molar refractivity (Wildman–Crippen MR) is 143 cm³/mol. The van der Waals surface area contributed by atoms with Crippen molar-refractivity contribution in [3.05, 3.63) is 11.1 Å². The van der Waals surface area contributed by atoms with E-state index in [2.05, 4.69) is 38.8 Å². The van der Waals surface area contributed by atoms with Gasteiger partial charge in [0.2, 0.25) is 11.2 Å². The van der Waals surface area contributed by atoms with Gasteiger partial charge in [-0.2, -0.15) is 4.98 Å². The number of carbonyl (C=O) groups excluding carboxylic acids is 1. The lowest BCUT2D eigenvalue weighted by atomic mass is 10.0. The number of amides is 1. The van der Waals surface area contributed by atoms with Gasteiger partial charge in [-0.15, -0.1) is 11.8 Å². The van der Waals surface area contributed by atoms with E-state index in [4.69, 9.17) is 17.4 Å². The average molecular weight is 511 g/mol. The van der Waals surface area contributed by atoms with Crippen LogP contribution in [0.1, 0.15) is 110 Å². The Bertz CT molecular complexity index is 873. The van der Waals surface area contributed by atoms with Gasteiger partial charge in [0.05, 0.1) is 0 Å². The molecule has 0 aliphatic rings. The maximum atomic E-state index is 11.0. The van der Waals surface area contributed by atoms with Crippen LogP contribution in [0.25, 0.3) is 11.2 Å². The Morgan fingerprint density at radius 1 is 0.912 bits per heavy atom. The van der Waals surface area contributed by atoms with E-state index in [-0.39, 0.29) is 11.2 Å². The minimum absolute atomic E-state index is 0.0554. The summed E-state index contributed by atoms with van der Waals surface area (Å²) in [6.07, 6.45) is 16.8. The van der Waals surface area contributed by atoms with Crippen molar-refractivity contribution in [2.75, 3.05) is 0 Å². The summed E-state index contributed by atoms with van der Waals surface area (Å²) in [4.78, 5) is 24.5. The van der Waals surface area contributed by atoms with E-state index in [9.17, 15) is 4.79 Å². The molecule has 0 bridgehead atoms. The van der Waals surface area contributed by atoms with Gasteiger partial charge in [0, 0.05) is 18.2 Å². The molecule has 1 amide bonds. The number of aryl methyl sites for hydroxylation is 2. The van der Waals surface area contributed by atoms with Gasteiger partial charge in [0.1, 0.15) is 16.4 Å². The molecule has 9 heteroatoms. The molecular formula is C25H43ClN6OS. The molecule has 2 aromatic rings. The second kappa shape index (κ2) is 16.3. The number of nitrogens with zero attached hydrogens (tertiary/aromatic N) is 4. The van der Waals surface area contributed by atoms with Crippen LogP contribution in [0, 0.1) is 6.92 Å². The molecule has 0 saturated heterocycles. The number of hydrogen-bond donors (Lipinski definition) is 2. The lowest BCUT2D eigenvalue weighted by Crippen LogP contribution is -2.29. The van der Waals surface area contributed by atoms with E-state index in [1.165, 1.54) is 64.2 Å². The Morgan fingerprint density at radius 3 is 1.97 bits per heavy atom. The highest BCUT2D eigenvalue weighted by Crippen LogP contribution is 2.30. The molecule has 0 saturated carbocycles. The zero-order chi connectivity index (χ0) is 24.8. The van der Waals surface area contributed by atoms with Crippen LogP contribution in [-0.2, 0) is 11.3 Å². The second-order valence-corrected chi connectivity index (χ2v) is 11.3. The monoisotopic (exact) mass is 510 g/mol. The van der Waals surface area contributed by atoms with Crippen molar-refractivity contribution in [3.8, 4) is 0 Å². The normalized spacial score (nSPS) is 11.6. The lowest BCUT2D eigenvalue weighted by Gasteiger charge is -2.11. The first-order valence-corrected chi connectivity index (χ1v) is 14.2. The van der Waals surface area contributed by atoms with E-state index < -0.39 is 0 Å². The summed E-state index contributed by atoms with van der Waals surface area (Å²) in [5, 5.41) is 1.63. The van der Waals surface area contributed by atoms with E-state index in [1.807, 2.05) is 6.92 Å². The minimum atomic E-state index is -0.0554. The maximum Gasteiger partial charge on any atom is 0.233 e. The summed E-state index contributed by atoms with van der Waals surface area (Å²) in [6, 6.07) is 0. The summed E-state index contributed by atoms with van der Waals surface area (Å²) in [5.41, 5.74) is 3.92. The molecule has 0 spiro atoms. The zero-order valence-electron chi connectivity index (χ0n) is 21.2. The number of hydrazine groups is 1. The highest BCUT2D eigenvalue weighted by Gasteiger charge is 2.17. The first kappa shape index (κ1) is 28.9. The second-order valence-electron chi connectivity index (χ2n) is 9.36. The molecule has 34 heavy (non-hydrogen) atoms. The largest absolute Gasteiger partial charge is 0.325 e. The first-order valence-electron chi connectivity index (χ1n) is 13.0. The number of nitrogens with one attached hydrogen (secondary N) is 1. The van der Waals surface area contributed by atoms with Crippen molar-refractivity contribution < 1.29 is 4.79 Å². The van der Waals surface area contributed by atoms with Crippen LogP contribution < -0.4 is 11.3 Å². The van der Waals surface area contributed by atoms with Crippen molar-refractivity contribution in [2.24, 2.45) is 5.84 Å². The molecule has 3 N–H and O–H groups in total. The Hall–Kier alpha value is -1.38. The van der Waals surface area contributed by atoms with Gasteiger partial charge in [0.15, 0.2) is 5.65 Å². The highest BCUT2D eigenvalue weighted by atomic mass is 35.5.